The zero-order valence-corrected chi connectivity index (χ0v) is 10.6. The number of hydrogen-bond acceptors (Lipinski definition) is 5. The van der Waals surface area contributed by atoms with Gasteiger partial charge in [-0.1, -0.05) is 5.16 Å². The molecule has 2 rings (SSSR count). The third-order valence-electron chi connectivity index (χ3n) is 3.28. The Morgan fingerprint density at radius 2 is 2.35 bits per heavy atom. The molecule has 1 aliphatic rings. The highest BCUT2D eigenvalue weighted by Gasteiger charge is 2.28. The van der Waals surface area contributed by atoms with Gasteiger partial charge >= 0.3 is 0 Å². The number of aromatic nitrogens is 2. The third-order valence-corrected chi connectivity index (χ3v) is 3.28. The van der Waals surface area contributed by atoms with Crippen LogP contribution in [0.2, 0.25) is 0 Å². The Kier molecular flexibility index (Phi) is 3.57. The van der Waals surface area contributed by atoms with Crippen molar-refractivity contribution in [3.05, 3.63) is 11.7 Å². The van der Waals surface area contributed by atoms with Crippen LogP contribution >= 0.6 is 0 Å². The Bertz CT molecular complexity index is 400. The summed E-state index contributed by atoms with van der Waals surface area (Å²) < 4.78 is 5.11. The maximum Gasteiger partial charge on any atom is 0.238 e. The van der Waals surface area contributed by atoms with E-state index >= 15 is 0 Å². The standard InChI is InChI=1S/C12H19N3O2/c1-8(2)15-6-4-5-10(15)7-11-13-12(9(3)16)14-17-11/h8,10H,4-7H2,1-3H3. The molecule has 1 unspecified atom stereocenters. The van der Waals surface area contributed by atoms with E-state index in [2.05, 4.69) is 28.9 Å². The number of likely N-dealkylation sites (tertiary alicyclic amines) is 1. The Labute approximate surface area is 101 Å². The van der Waals surface area contributed by atoms with Crippen LogP contribution in [0.5, 0.6) is 0 Å². The van der Waals surface area contributed by atoms with E-state index in [1.165, 1.54) is 13.3 Å². The van der Waals surface area contributed by atoms with Crippen molar-refractivity contribution in [2.75, 3.05) is 6.54 Å². The van der Waals surface area contributed by atoms with Crippen molar-refractivity contribution in [3.63, 3.8) is 0 Å². The van der Waals surface area contributed by atoms with Crippen LogP contribution in [0.4, 0.5) is 0 Å². The van der Waals surface area contributed by atoms with Gasteiger partial charge in [-0.3, -0.25) is 9.69 Å². The minimum Gasteiger partial charge on any atom is -0.339 e. The van der Waals surface area contributed by atoms with Gasteiger partial charge in [-0.2, -0.15) is 4.98 Å². The lowest BCUT2D eigenvalue weighted by atomic mass is 10.1. The van der Waals surface area contributed by atoms with Gasteiger partial charge in [0, 0.05) is 25.4 Å². The van der Waals surface area contributed by atoms with Gasteiger partial charge < -0.3 is 4.52 Å². The van der Waals surface area contributed by atoms with E-state index in [0.717, 1.165) is 19.4 Å². The summed E-state index contributed by atoms with van der Waals surface area (Å²) in [6.45, 7) is 6.99. The predicted molar refractivity (Wildman–Crippen MR) is 62.9 cm³/mol. The van der Waals surface area contributed by atoms with Crippen LogP contribution in [0.3, 0.4) is 0 Å². The van der Waals surface area contributed by atoms with Gasteiger partial charge in [-0.15, -0.1) is 0 Å². The molecule has 0 radical (unpaired) electrons. The van der Waals surface area contributed by atoms with Crippen LogP contribution in [0, 0.1) is 0 Å². The highest BCUT2D eigenvalue weighted by Crippen LogP contribution is 2.22. The summed E-state index contributed by atoms with van der Waals surface area (Å²) in [4.78, 5) is 17.6. The summed E-state index contributed by atoms with van der Waals surface area (Å²) in [6, 6.07) is 1.01. The molecule has 1 saturated heterocycles. The van der Waals surface area contributed by atoms with E-state index in [-0.39, 0.29) is 11.6 Å². The average molecular weight is 237 g/mol. The van der Waals surface area contributed by atoms with Crippen molar-refractivity contribution in [1.82, 2.24) is 15.0 Å². The van der Waals surface area contributed by atoms with Crippen molar-refractivity contribution < 1.29 is 9.32 Å². The van der Waals surface area contributed by atoms with Crippen LogP contribution in [0.25, 0.3) is 0 Å². The molecule has 0 bridgehead atoms. The molecule has 2 heterocycles. The molecule has 1 fully saturated rings. The first-order chi connectivity index (χ1) is 8.08. The number of carbonyl (C=O) groups is 1. The van der Waals surface area contributed by atoms with Gasteiger partial charge in [0.05, 0.1) is 0 Å². The molecule has 1 aliphatic heterocycles. The van der Waals surface area contributed by atoms with E-state index in [4.69, 9.17) is 4.52 Å². The van der Waals surface area contributed by atoms with E-state index in [9.17, 15) is 4.79 Å². The van der Waals surface area contributed by atoms with E-state index in [1.54, 1.807) is 0 Å². The molecule has 17 heavy (non-hydrogen) atoms. The molecule has 0 aliphatic carbocycles. The highest BCUT2D eigenvalue weighted by molar-refractivity contribution is 5.89. The zero-order chi connectivity index (χ0) is 12.4. The molecular formula is C12H19N3O2. The van der Waals surface area contributed by atoms with Crippen LogP contribution < -0.4 is 0 Å². The number of ketones is 1. The van der Waals surface area contributed by atoms with Crippen molar-refractivity contribution in [1.29, 1.82) is 0 Å². The lowest BCUT2D eigenvalue weighted by Crippen LogP contribution is -2.36. The monoisotopic (exact) mass is 237 g/mol. The topological polar surface area (TPSA) is 59.2 Å². The molecule has 1 atom stereocenters. The predicted octanol–water partition coefficient (Wildman–Crippen LogP) is 1.69. The normalized spacial score (nSPS) is 21.3. The molecule has 0 amide bonds. The first kappa shape index (κ1) is 12.2. The van der Waals surface area contributed by atoms with Crippen LogP contribution in [0.1, 0.15) is 50.1 Å². The number of Topliss-reactive ketones (excluding diaryl/α,β-unsaturated/α-hetero) is 1. The molecule has 1 aromatic heterocycles. The van der Waals surface area contributed by atoms with Gasteiger partial charge in [0.25, 0.3) is 0 Å². The molecule has 0 aromatic carbocycles. The summed E-state index contributed by atoms with van der Waals surface area (Å²) >= 11 is 0. The van der Waals surface area contributed by atoms with Gasteiger partial charge in [0.2, 0.25) is 17.5 Å². The number of hydrogen-bond donors (Lipinski definition) is 0. The van der Waals surface area contributed by atoms with Crippen LogP contribution in [-0.4, -0.2) is 39.5 Å². The summed E-state index contributed by atoms with van der Waals surface area (Å²) in [6.07, 6.45) is 3.13. The first-order valence-electron chi connectivity index (χ1n) is 6.17. The Balaban J connectivity index is 2.02. The van der Waals surface area contributed by atoms with E-state index < -0.39 is 0 Å². The molecule has 0 saturated carbocycles. The summed E-state index contributed by atoms with van der Waals surface area (Å²) in [5.41, 5.74) is 0. The number of rotatable bonds is 4. The minimum atomic E-state index is -0.146. The van der Waals surface area contributed by atoms with Gasteiger partial charge in [0.1, 0.15) is 0 Å². The Hall–Kier alpha value is -1.23. The fourth-order valence-corrected chi connectivity index (χ4v) is 2.44. The lowest BCUT2D eigenvalue weighted by Gasteiger charge is -2.27. The second-order valence-corrected chi connectivity index (χ2v) is 4.90. The fraction of sp³-hybridized carbons (Fsp3) is 0.750. The van der Waals surface area contributed by atoms with Gasteiger partial charge in [-0.25, -0.2) is 0 Å². The smallest absolute Gasteiger partial charge is 0.238 e. The second kappa shape index (κ2) is 4.96. The molecular weight excluding hydrogens is 218 g/mol. The number of carbonyl (C=O) groups excluding carboxylic acids is 1. The van der Waals surface area contributed by atoms with Crippen LogP contribution in [-0.2, 0) is 6.42 Å². The minimum absolute atomic E-state index is 0.146. The van der Waals surface area contributed by atoms with Crippen molar-refractivity contribution in [2.24, 2.45) is 0 Å². The maximum absolute atomic E-state index is 11.1. The van der Waals surface area contributed by atoms with Gasteiger partial charge in [0.15, 0.2) is 0 Å². The van der Waals surface area contributed by atoms with Crippen molar-refractivity contribution >= 4 is 5.78 Å². The first-order valence-corrected chi connectivity index (χ1v) is 6.17. The van der Waals surface area contributed by atoms with Gasteiger partial charge in [-0.05, 0) is 33.2 Å². The SMILES string of the molecule is CC(=O)c1noc(CC2CCCN2C(C)C)n1. The van der Waals surface area contributed by atoms with E-state index in [0.29, 0.717) is 18.0 Å². The van der Waals surface area contributed by atoms with E-state index in [1.807, 2.05) is 0 Å². The summed E-state index contributed by atoms with van der Waals surface area (Å²) in [7, 11) is 0. The van der Waals surface area contributed by atoms with Crippen molar-refractivity contribution in [2.45, 2.75) is 52.1 Å². The Morgan fingerprint density at radius 1 is 1.59 bits per heavy atom. The molecule has 1 aromatic rings. The quantitative estimate of drug-likeness (QED) is 0.746. The molecule has 5 heteroatoms. The molecule has 94 valence electrons. The lowest BCUT2D eigenvalue weighted by molar-refractivity contribution is 0.100. The van der Waals surface area contributed by atoms with Crippen molar-refractivity contribution in [3.8, 4) is 0 Å². The molecule has 5 nitrogen and oxygen atoms in total. The van der Waals surface area contributed by atoms with Crippen LogP contribution in [0.15, 0.2) is 4.52 Å². The summed E-state index contributed by atoms with van der Waals surface area (Å²) in [5.74, 6) is 0.619. The largest absolute Gasteiger partial charge is 0.339 e. The Morgan fingerprint density at radius 3 is 2.94 bits per heavy atom. The second-order valence-electron chi connectivity index (χ2n) is 4.90. The number of nitrogens with zero attached hydrogens (tertiary/aromatic N) is 3. The fourth-order valence-electron chi connectivity index (χ4n) is 2.44. The highest BCUT2D eigenvalue weighted by atomic mass is 16.5. The summed E-state index contributed by atoms with van der Waals surface area (Å²) in [5, 5.41) is 3.67. The maximum atomic E-state index is 11.1. The third kappa shape index (κ3) is 2.72. The average Bonchev–Trinajstić information content (AvgIpc) is 2.86. The molecule has 0 N–H and O–H groups in total. The zero-order valence-electron chi connectivity index (χ0n) is 10.6. The molecule has 0 spiro atoms.